The van der Waals surface area contributed by atoms with Crippen LogP contribution in [0.2, 0.25) is 0 Å². The van der Waals surface area contributed by atoms with Crippen molar-refractivity contribution in [1.29, 1.82) is 0 Å². The van der Waals surface area contributed by atoms with Gasteiger partial charge >= 0.3 is 0 Å². The highest BCUT2D eigenvalue weighted by atomic mass is 16.5. The molecule has 0 atom stereocenters. The zero-order chi connectivity index (χ0) is 14.9. The summed E-state index contributed by atoms with van der Waals surface area (Å²) in [4.78, 5) is 10.8. The topological polar surface area (TPSA) is 76.3 Å². The zero-order valence-corrected chi connectivity index (χ0v) is 13.0. The Bertz CT molecular complexity index is 421. The molecule has 0 radical (unpaired) electrons. The van der Waals surface area contributed by atoms with Crippen molar-refractivity contribution in [1.82, 2.24) is 14.9 Å². The highest BCUT2D eigenvalue weighted by molar-refractivity contribution is 5.66. The van der Waals surface area contributed by atoms with E-state index in [0.29, 0.717) is 24.0 Å². The molecule has 0 saturated carbocycles. The first-order valence-electron chi connectivity index (χ1n) is 8.00. The number of nitrogens with two attached hydrogens (primary N) is 1. The number of hydrogen-bond acceptors (Lipinski definition) is 6. The minimum atomic E-state index is 0.478. The third-order valence-electron chi connectivity index (χ3n) is 3.68. The van der Waals surface area contributed by atoms with E-state index in [-0.39, 0.29) is 0 Å². The Kier molecular flexibility index (Phi) is 6.53. The van der Waals surface area contributed by atoms with Gasteiger partial charge in [0.1, 0.15) is 12.0 Å². The van der Waals surface area contributed by atoms with Gasteiger partial charge in [0.15, 0.2) is 5.82 Å². The summed E-state index contributed by atoms with van der Waals surface area (Å²) < 4.78 is 5.50. The fourth-order valence-corrected chi connectivity index (χ4v) is 2.51. The number of anilines is 2. The van der Waals surface area contributed by atoms with Crippen LogP contribution in [0.5, 0.6) is 5.88 Å². The maximum atomic E-state index is 6.02. The largest absolute Gasteiger partial charge is 0.476 e. The van der Waals surface area contributed by atoms with E-state index < -0.39 is 0 Å². The van der Waals surface area contributed by atoms with Crippen molar-refractivity contribution in [2.45, 2.75) is 39.0 Å². The molecule has 6 nitrogen and oxygen atoms in total. The van der Waals surface area contributed by atoms with E-state index in [9.17, 15) is 0 Å². The second-order valence-electron chi connectivity index (χ2n) is 5.47. The minimum Gasteiger partial charge on any atom is -0.476 e. The molecule has 1 aliphatic rings. The van der Waals surface area contributed by atoms with E-state index >= 15 is 0 Å². The molecule has 1 aromatic rings. The van der Waals surface area contributed by atoms with Crippen molar-refractivity contribution in [2.24, 2.45) is 0 Å². The normalized spacial score (nSPS) is 15.3. The molecular formula is C15H27N5O. The highest BCUT2D eigenvalue weighted by Gasteiger charge is 2.11. The van der Waals surface area contributed by atoms with Crippen LogP contribution >= 0.6 is 0 Å². The Morgan fingerprint density at radius 1 is 1.29 bits per heavy atom. The molecule has 0 bridgehead atoms. The van der Waals surface area contributed by atoms with Crippen molar-refractivity contribution >= 4 is 11.5 Å². The molecule has 21 heavy (non-hydrogen) atoms. The molecule has 1 aromatic heterocycles. The van der Waals surface area contributed by atoms with Gasteiger partial charge in [-0.05, 0) is 51.7 Å². The number of unbranched alkanes of at least 4 members (excludes halogenated alkanes) is 1. The molecule has 2 heterocycles. The average molecular weight is 293 g/mol. The van der Waals surface area contributed by atoms with Crippen LogP contribution < -0.4 is 15.8 Å². The number of rotatable bonds is 9. The standard InChI is InChI=1S/C15H27N5O/c1-2-11-21-15-13(16)14(18-12-19-15)17-7-3-4-8-20-9-5-6-10-20/h12H,2-11,16H2,1H3,(H,17,18,19). The van der Waals surface area contributed by atoms with E-state index in [2.05, 4.69) is 27.1 Å². The van der Waals surface area contributed by atoms with Gasteiger partial charge in [-0.3, -0.25) is 0 Å². The van der Waals surface area contributed by atoms with Gasteiger partial charge in [0.25, 0.3) is 0 Å². The molecule has 6 heteroatoms. The molecule has 0 spiro atoms. The quantitative estimate of drug-likeness (QED) is 0.679. The summed E-state index contributed by atoms with van der Waals surface area (Å²) in [5.74, 6) is 1.16. The van der Waals surface area contributed by atoms with Crippen LogP contribution in [0.15, 0.2) is 6.33 Å². The van der Waals surface area contributed by atoms with Gasteiger partial charge < -0.3 is 20.7 Å². The van der Waals surface area contributed by atoms with Crippen molar-refractivity contribution in [3.8, 4) is 5.88 Å². The molecule has 0 aromatic carbocycles. The first kappa shape index (κ1) is 15.8. The first-order chi connectivity index (χ1) is 10.3. The predicted molar refractivity (Wildman–Crippen MR) is 85.6 cm³/mol. The van der Waals surface area contributed by atoms with Crippen molar-refractivity contribution in [3.05, 3.63) is 6.33 Å². The molecule has 0 amide bonds. The summed E-state index contributed by atoms with van der Waals surface area (Å²) in [6, 6.07) is 0. The highest BCUT2D eigenvalue weighted by Crippen LogP contribution is 2.24. The van der Waals surface area contributed by atoms with Crippen molar-refractivity contribution in [3.63, 3.8) is 0 Å². The lowest BCUT2D eigenvalue weighted by Crippen LogP contribution is -2.21. The summed E-state index contributed by atoms with van der Waals surface area (Å²) in [5.41, 5.74) is 6.52. The smallest absolute Gasteiger partial charge is 0.242 e. The van der Waals surface area contributed by atoms with Crippen LogP contribution in [-0.4, -0.2) is 47.7 Å². The number of nitrogens with zero attached hydrogens (tertiary/aromatic N) is 3. The number of ether oxygens (including phenoxy) is 1. The summed E-state index contributed by atoms with van der Waals surface area (Å²) >= 11 is 0. The number of hydrogen-bond donors (Lipinski definition) is 2. The molecule has 1 aliphatic heterocycles. The second-order valence-corrected chi connectivity index (χ2v) is 5.47. The van der Waals surface area contributed by atoms with Gasteiger partial charge in [-0.25, -0.2) is 4.98 Å². The SMILES string of the molecule is CCCOc1ncnc(NCCCCN2CCCC2)c1N. The van der Waals surface area contributed by atoms with Gasteiger partial charge in [-0.15, -0.1) is 0 Å². The third kappa shape index (κ3) is 5.04. The number of likely N-dealkylation sites (tertiary alicyclic amines) is 1. The monoisotopic (exact) mass is 293 g/mol. The fraction of sp³-hybridized carbons (Fsp3) is 0.733. The van der Waals surface area contributed by atoms with E-state index in [1.807, 2.05) is 0 Å². The van der Waals surface area contributed by atoms with Crippen LogP contribution in [0.4, 0.5) is 11.5 Å². The maximum absolute atomic E-state index is 6.02. The van der Waals surface area contributed by atoms with E-state index in [0.717, 1.165) is 19.4 Å². The lowest BCUT2D eigenvalue weighted by Gasteiger charge is -2.14. The summed E-state index contributed by atoms with van der Waals surface area (Å²) in [6.45, 7) is 7.29. The molecular weight excluding hydrogens is 266 g/mol. The van der Waals surface area contributed by atoms with Gasteiger partial charge in [-0.1, -0.05) is 6.92 Å². The van der Waals surface area contributed by atoms with Crippen LogP contribution in [0, 0.1) is 0 Å². The van der Waals surface area contributed by atoms with E-state index in [4.69, 9.17) is 10.5 Å². The fourth-order valence-electron chi connectivity index (χ4n) is 2.51. The number of nitrogen functional groups attached to an aromatic ring is 1. The molecule has 1 fully saturated rings. The number of aromatic nitrogens is 2. The molecule has 0 unspecified atom stereocenters. The Hall–Kier alpha value is -1.56. The first-order valence-corrected chi connectivity index (χ1v) is 8.00. The van der Waals surface area contributed by atoms with Gasteiger partial charge in [0.2, 0.25) is 5.88 Å². The Morgan fingerprint density at radius 3 is 2.86 bits per heavy atom. The maximum Gasteiger partial charge on any atom is 0.242 e. The molecule has 2 rings (SSSR count). The van der Waals surface area contributed by atoms with E-state index in [1.165, 1.54) is 45.2 Å². The summed E-state index contributed by atoms with van der Waals surface area (Å²) in [6.07, 6.45) is 7.46. The Morgan fingerprint density at radius 2 is 2.10 bits per heavy atom. The Labute approximate surface area is 127 Å². The van der Waals surface area contributed by atoms with Crippen LogP contribution in [0.25, 0.3) is 0 Å². The molecule has 3 N–H and O–H groups in total. The van der Waals surface area contributed by atoms with Crippen molar-refractivity contribution < 1.29 is 4.74 Å². The predicted octanol–water partition coefficient (Wildman–Crippen LogP) is 2.14. The average Bonchev–Trinajstić information content (AvgIpc) is 3.00. The van der Waals surface area contributed by atoms with Crippen LogP contribution in [-0.2, 0) is 0 Å². The Balaban J connectivity index is 1.69. The molecule has 0 aliphatic carbocycles. The lowest BCUT2D eigenvalue weighted by molar-refractivity contribution is 0.306. The molecule has 118 valence electrons. The van der Waals surface area contributed by atoms with Crippen molar-refractivity contribution in [2.75, 3.05) is 43.8 Å². The van der Waals surface area contributed by atoms with Gasteiger partial charge in [0.05, 0.1) is 6.61 Å². The van der Waals surface area contributed by atoms with E-state index in [1.54, 1.807) is 0 Å². The second kappa shape index (κ2) is 8.67. The third-order valence-corrected chi connectivity index (χ3v) is 3.68. The lowest BCUT2D eigenvalue weighted by atomic mass is 10.3. The van der Waals surface area contributed by atoms with Gasteiger partial charge in [0, 0.05) is 6.54 Å². The van der Waals surface area contributed by atoms with Crippen LogP contribution in [0.1, 0.15) is 39.0 Å². The summed E-state index contributed by atoms with van der Waals surface area (Å²) in [5, 5.41) is 3.28. The van der Waals surface area contributed by atoms with Gasteiger partial charge in [-0.2, -0.15) is 4.98 Å². The van der Waals surface area contributed by atoms with Crippen LogP contribution in [0.3, 0.4) is 0 Å². The zero-order valence-electron chi connectivity index (χ0n) is 13.0. The molecule has 1 saturated heterocycles. The summed E-state index contributed by atoms with van der Waals surface area (Å²) in [7, 11) is 0. The number of nitrogens with one attached hydrogen (secondary N) is 1. The minimum absolute atomic E-state index is 0.478.